The predicted molar refractivity (Wildman–Crippen MR) is 90.3 cm³/mol. The van der Waals surface area contributed by atoms with Crippen LogP contribution < -0.4 is 15.9 Å². The number of aliphatic hydroxyl groups excluding tert-OH is 1. The number of fused-ring (bicyclic) bond motifs is 1. The van der Waals surface area contributed by atoms with Gasteiger partial charge < -0.3 is 25.1 Å². The van der Waals surface area contributed by atoms with Crippen molar-refractivity contribution in [1.82, 2.24) is 0 Å². The first-order valence-corrected chi connectivity index (χ1v) is 7.74. The maximum Gasteiger partial charge on any atom is 0.338 e. The first-order valence-electron chi connectivity index (χ1n) is 7.37. The Morgan fingerprint density at radius 1 is 1.37 bits per heavy atom. The second-order valence-corrected chi connectivity index (χ2v) is 5.92. The van der Waals surface area contributed by atoms with E-state index in [1.165, 1.54) is 6.07 Å². The molecule has 0 saturated heterocycles. The quantitative estimate of drug-likeness (QED) is 0.513. The van der Waals surface area contributed by atoms with Crippen molar-refractivity contribution < 1.29 is 29.1 Å². The third-order valence-electron chi connectivity index (χ3n) is 3.90. The number of hydrogen-bond donors (Lipinski definition) is 3. The lowest BCUT2D eigenvalue weighted by molar-refractivity contribution is -0.384. The van der Waals surface area contributed by atoms with E-state index < -0.39 is 40.3 Å². The minimum atomic E-state index is -1.50. The number of nitrogens with two attached hydrogens (primary N) is 1. The van der Waals surface area contributed by atoms with E-state index in [-0.39, 0.29) is 33.5 Å². The van der Waals surface area contributed by atoms with Crippen molar-refractivity contribution in [3.8, 4) is 5.75 Å². The number of halogens is 1. The molecule has 1 aromatic carbocycles. The minimum Gasteiger partial charge on any atom is -0.478 e. The lowest BCUT2D eigenvalue weighted by atomic mass is 9.86. The Kier molecular flexibility index (Phi) is 4.60. The molecule has 0 spiro atoms. The summed E-state index contributed by atoms with van der Waals surface area (Å²) in [6.07, 6.45) is 0. The second kappa shape index (κ2) is 6.74. The molecule has 1 atom stereocenters. The smallest absolute Gasteiger partial charge is 0.338 e. The SMILES string of the molecule is NC1=C(C(=O)O)C(c2cc([N+](=O)[O-])ccc2Cl)c2oc(CO)cc(=O)c2O1. The molecule has 1 aliphatic heterocycles. The predicted octanol–water partition coefficient (Wildman–Crippen LogP) is 1.47. The normalized spacial score (nSPS) is 15.9. The molecule has 2 aromatic rings. The van der Waals surface area contributed by atoms with Gasteiger partial charge in [-0.15, -0.1) is 0 Å². The number of nitro groups is 1. The van der Waals surface area contributed by atoms with Crippen molar-refractivity contribution in [2.45, 2.75) is 12.5 Å². The standard InChI is InChI=1S/C16H11ClN2O8/c17-9-2-1-6(19(24)25)3-8(9)11-12(16(22)23)15(18)27-13-10(21)4-7(5-20)26-14(11)13/h1-4,11,20H,5,18H2,(H,22,23). The lowest BCUT2D eigenvalue weighted by Crippen LogP contribution is -2.29. The molecular formula is C16H11ClN2O8. The fraction of sp³-hybridized carbons (Fsp3) is 0.125. The Morgan fingerprint density at radius 3 is 2.67 bits per heavy atom. The number of aliphatic carboxylic acids is 1. The maximum absolute atomic E-state index is 12.2. The first kappa shape index (κ1) is 18.4. The van der Waals surface area contributed by atoms with E-state index in [1.54, 1.807) is 0 Å². The van der Waals surface area contributed by atoms with E-state index >= 15 is 0 Å². The lowest BCUT2D eigenvalue weighted by Gasteiger charge is -2.26. The molecule has 11 heteroatoms. The summed E-state index contributed by atoms with van der Waals surface area (Å²) in [5.41, 5.74) is 4.08. The summed E-state index contributed by atoms with van der Waals surface area (Å²) in [5, 5.41) is 29.9. The first-order chi connectivity index (χ1) is 12.7. The number of rotatable bonds is 4. The molecule has 27 heavy (non-hydrogen) atoms. The van der Waals surface area contributed by atoms with Gasteiger partial charge in [0.15, 0.2) is 5.76 Å². The summed E-state index contributed by atoms with van der Waals surface area (Å²) < 4.78 is 10.5. The molecule has 1 unspecified atom stereocenters. The number of ether oxygens (including phenoxy) is 1. The number of aliphatic hydroxyl groups is 1. The molecule has 1 aromatic heterocycles. The van der Waals surface area contributed by atoms with Crippen LogP contribution in [0.15, 0.2) is 44.9 Å². The topological polar surface area (TPSA) is 166 Å². The van der Waals surface area contributed by atoms with Gasteiger partial charge in [-0.1, -0.05) is 11.6 Å². The number of nitro benzene ring substituents is 1. The van der Waals surface area contributed by atoms with E-state index in [9.17, 15) is 29.9 Å². The third-order valence-corrected chi connectivity index (χ3v) is 4.24. The van der Waals surface area contributed by atoms with Crippen LogP contribution in [-0.2, 0) is 11.4 Å². The van der Waals surface area contributed by atoms with Crippen LogP contribution in [0.4, 0.5) is 5.69 Å². The third kappa shape index (κ3) is 3.11. The van der Waals surface area contributed by atoms with E-state index in [4.69, 9.17) is 26.5 Å². The van der Waals surface area contributed by atoms with E-state index in [2.05, 4.69) is 0 Å². The van der Waals surface area contributed by atoms with Crippen molar-refractivity contribution in [2.75, 3.05) is 0 Å². The van der Waals surface area contributed by atoms with Gasteiger partial charge >= 0.3 is 5.97 Å². The van der Waals surface area contributed by atoms with Crippen molar-refractivity contribution in [2.24, 2.45) is 5.73 Å². The molecule has 3 rings (SSSR count). The van der Waals surface area contributed by atoms with E-state index in [0.717, 1.165) is 18.2 Å². The summed E-state index contributed by atoms with van der Waals surface area (Å²) in [7, 11) is 0. The molecule has 0 bridgehead atoms. The average Bonchev–Trinajstić information content (AvgIpc) is 2.61. The highest BCUT2D eigenvalue weighted by atomic mass is 35.5. The Balaban J connectivity index is 2.37. The second-order valence-electron chi connectivity index (χ2n) is 5.51. The van der Waals surface area contributed by atoms with Crippen molar-refractivity contribution in [1.29, 1.82) is 0 Å². The number of nitrogens with zero attached hydrogens (tertiary/aromatic N) is 1. The van der Waals surface area contributed by atoms with Gasteiger partial charge in [0.1, 0.15) is 17.9 Å². The largest absolute Gasteiger partial charge is 0.478 e. The molecule has 0 aliphatic carbocycles. The minimum absolute atomic E-state index is 0.0120. The van der Waals surface area contributed by atoms with Gasteiger partial charge in [0.2, 0.25) is 17.1 Å². The van der Waals surface area contributed by atoms with Crippen LogP contribution in [0.1, 0.15) is 23.0 Å². The summed E-state index contributed by atoms with van der Waals surface area (Å²) >= 11 is 6.14. The fourth-order valence-electron chi connectivity index (χ4n) is 2.75. The van der Waals surface area contributed by atoms with Gasteiger partial charge in [0.25, 0.3) is 5.69 Å². The van der Waals surface area contributed by atoms with Gasteiger partial charge in [0.05, 0.1) is 10.8 Å². The fourth-order valence-corrected chi connectivity index (χ4v) is 2.98. The highest BCUT2D eigenvalue weighted by molar-refractivity contribution is 6.31. The zero-order valence-corrected chi connectivity index (χ0v) is 14.1. The van der Waals surface area contributed by atoms with E-state index in [1.807, 2.05) is 0 Å². The van der Waals surface area contributed by atoms with Crippen molar-refractivity contribution >= 4 is 23.3 Å². The van der Waals surface area contributed by atoms with Gasteiger partial charge in [-0.25, -0.2) is 4.79 Å². The molecule has 0 radical (unpaired) electrons. The zero-order valence-electron chi connectivity index (χ0n) is 13.3. The Bertz CT molecular complexity index is 1060. The zero-order chi connectivity index (χ0) is 19.9. The van der Waals surface area contributed by atoms with Crippen LogP contribution in [0.25, 0.3) is 0 Å². The number of carbonyl (C=O) groups is 1. The number of carboxylic acid groups (broad SMARTS) is 1. The Morgan fingerprint density at radius 2 is 2.07 bits per heavy atom. The maximum atomic E-state index is 12.2. The summed E-state index contributed by atoms with van der Waals surface area (Å²) in [4.78, 5) is 34.4. The van der Waals surface area contributed by atoms with Crippen LogP contribution in [0, 0.1) is 10.1 Å². The van der Waals surface area contributed by atoms with Gasteiger partial charge in [-0.05, 0) is 11.6 Å². The van der Waals surface area contributed by atoms with Gasteiger partial charge in [0, 0.05) is 23.2 Å². The van der Waals surface area contributed by atoms with Crippen molar-refractivity contribution in [3.05, 3.63) is 78.2 Å². The summed E-state index contributed by atoms with van der Waals surface area (Å²) in [5.74, 6) is -4.26. The van der Waals surface area contributed by atoms with Crippen LogP contribution in [0.2, 0.25) is 5.02 Å². The number of benzene rings is 1. The van der Waals surface area contributed by atoms with Crippen molar-refractivity contribution in [3.63, 3.8) is 0 Å². The number of hydrogen-bond acceptors (Lipinski definition) is 8. The molecule has 2 heterocycles. The van der Waals surface area contributed by atoms with Crippen LogP contribution >= 0.6 is 11.6 Å². The highest BCUT2D eigenvalue weighted by Crippen LogP contribution is 2.44. The average molecular weight is 395 g/mol. The molecule has 140 valence electrons. The molecule has 0 fully saturated rings. The monoisotopic (exact) mass is 394 g/mol. The number of carboxylic acids is 1. The molecule has 0 saturated carbocycles. The summed E-state index contributed by atoms with van der Waals surface area (Å²) in [6, 6.07) is 4.38. The van der Waals surface area contributed by atoms with E-state index in [0.29, 0.717) is 0 Å². The van der Waals surface area contributed by atoms with Crippen LogP contribution in [-0.4, -0.2) is 21.1 Å². The Hall–Kier alpha value is -3.37. The van der Waals surface area contributed by atoms with Gasteiger partial charge in [-0.2, -0.15) is 0 Å². The molecular weight excluding hydrogens is 384 g/mol. The molecule has 0 amide bonds. The molecule has 10 nitrogen and oxygen atoms in total. The molecule has 1 aliphatic rings. The van der Waals surface area contributed by atoms with Crippen LogP contribution in [0.5, 0.6) is 5.75 Å². The van der Waals surface area contributed by atoms with Gasteiger partial charge in [-0.3, -0.25) is 14.9 Å². The summed E-state index contributed by atoms with van der Waals surface area (Å²) in [6.45, 7) is -0.639. The Labute approximate surface area is 155 Å². The number of non-ortho nitro benzene ring substituents is 1. The highest BCUT2D eigenvalue weighted by Gasteiger charge is 2.40. The van der Waals surface area contributed by atoms with Crippen LogP contribution in [0.3, 0.4) is 0 Å². The molecule has 4 N–H and O–H groups in total.